The third-order valence-electron chi connectivity index (χ3n) is 3.59. The third-order valence-corrected chi connectivity index (χ3v) is 4.15. The van der Waals surface area contributed by atoms with Crippen LogP contribution < -0.4 is 0 Å². The van der Waals surface area contributed by atoms with Gasteiger partial charge in [-0.25, -0.2) is 9.67 Å². The van der Waals surface area contributed by atoms with Crippen LogP contribution in [0.1, 0.15) is 23.3 Å². The summed E-state index contributed by atoms with van der Waals surface area (Å²) < 4.78 is 1.63. The van der Waals surface area contributed by atoms with Crippen molar-refractivity contribution in [3.8, 4) is 0 Å². The van der Waals surface area contributed by atoms with Crippen LogP contribution in [0.4, 0.5) is 0 Å². The van der Waals surface area contributed by atoms with Crippen LogP contribution in [0.5, 0.6) is 0 Å². The van der Waals surface area contributed by atoms with Crippen molar-refractivity contribution < 1.29 is 5.11 Å². The largest absolute Gasteiger partial charge is 0.386 e. The highest BCUT2D eigenvalue weighted by Gasteiger charge is 2.25. The van der Waals surface area contributed by atoms with Crippen molar-refractivity contribution in [1.29, 1.82) is 0 Å². The summed E-state index contributed by atoms with van der Waals surface area (Å²) in [5.74, 6) is 0. The average Bonchev–Trinajstić information content (AvgIpc) is 3.07. The van der Waals surface area contributed by atoms with Crippen molar-refractivity contribution in [3.05, 3.63) is 76.6 Å². The van der Waals surface area contributed by atoms with Crippen LogP contribution in [0.25, 0.3) is 0 Å². The molecule has 0 aliphatic rings. The summed E-state index contributed by atoms with van der Waals surface area (Å²) in [7, 11) is 0. The molecular weight excluding hydrogens is 335 g/mol. The monoisotopic (exact) mass is 348 g/mol. The molecule has 1 aromatic carbocycles. The van der Waals surface area contributed by atoms with Crippen LogP contribution >= 0.6 is 23.2 Å². The zero-order valence-electron chi connectivity index (χ0n) is 12.0. The second-order valence-corrected chi connectivity index (χ2v) is 5.96. The Morgan fingerprint density at radius 1 is 1.17 bits per heavy atom. The highest BCUT2D eigenvalue weighted by atomic mass is 35.5. The van der Waals surface area contributed by atoms with Gasteiger partial charge in [0.25, 0.3) is 0 Å². The first-order chi connectivity index (χ1) is 11.1. The number of aromatic nitrogens is 4. The fourth-order valence-corrected chi connectivity index (χ4v) is 2.97. The normalized spacial score (nSPS) is 13.7. The number of halogens is 2. The molecule has 2 heterocycles. The molecule has 0 aliphatic carbocycles. The zero-order valence-corrected chi connectivity index (χ0v) is 13.6. The summed E-state index contributed by atoms with van der Waals surface area (Å²) in [6.45, 7) is 0. The molecular formula is C16H14Cl2N4O. The smallest absolute Gasteiger partial charge is 0.137 e. The van der Waals surface area contributed by atoms with Crippen LogP contribution in [-0.4, -0.2) is 24.9 Å². The Balaban J connectivity index is 1.94. The standard InChI is InChI=1S/C16H14Cl2N4O/c17-12-3-4-13(14(18)7-12)16(23)15(22-10-20-9-21-22)6-11-2-1-5-19-8-11/h1-5,7-10,15-16,23H,6H2/t15-,16-/m1/s1. The number of rotatable bonds is 5. The van der Waals surface area contributed by atoms with Gasteiger partial charge in [0, 0.05) is 28.0 Å². The number of benzene rings is 1. The summed E-state index contributed by atoms with van der Waals surface area (Å²) in [5, 5.41) is 16.0. The van der Waals surface area contributed by atoms with E-state index in [1.807, 2.05) is 12.1 Å². The topological polar surface area (TPSA) is 63.8 Å². The second kappa shape index (κ2) is 7.08. The SMILES string of the molecule is O[C@H](c1ccc(Cl)cc1Cl)[C@@H](Cc1cccnc1)n1cncn1. The Hall–Kier alpha value is -1.95. The van der Waals surface area contributed by atoms with Crippen LogP contribution in [-0.2, 0) is 6.42 Å². The summed E-state index contributed by atoms with van der Waals surface area (Å²) in [6, 6.07) is 8.49. The van der Waals surface area contributed by atoms with Crippen molar-refractivity contribution in [2.24, 2.45) is 0 Å². The van der Waals surface area contributed by atoms with Gasteiger partial charge in [0.05, 0.1) is 6.04 Å². The Kier molecular flexibility index (Phi) is 4.91. The number of nitrogens with zero attached hydrogens (tertiary/aromatic N) is 4. The van der Waals surface area contributed by atoms with E-state index in [2.05, 4.69) is 15.1 Å². The molecule has 0 bridgehead atoms. The van der Waals surface area contributed by atoms with E-state index >= 15 is 0 Å². The molecule has 118 valence electrons. The Labute approximate surface area is 143 Å². The molecule has 0 fully saturated rings. The number of hydrogen-bond acceptors (Lipinski definition) is 4. The fourth-order valence-electron chi connectivity index (χ4n) is 2.45. The van der Waals surface area contributed by atoms with Gasteiger partial charge in [-0.15, -0.1) is 0 Å². The van der Waals surface area contributed by atoms with Gasteiger partial charge in [-0.1, -0.05) is 35.3 Å². The molecule has 3 rings (SSSR count). The quantitative estimate of drug-likeness (QED) is 0.766. The summed E-state index contributed by atoms with van der Waals surface area (Å²) in [4.78, 5) is 8.08. The first-order valence-electron chi connectivity index (χ1n) is 7.01. The molecule has 3 aromatic rings. The summed E-state index contributed by atoms with van der Waals surface area (Å²) in [6.07, 6.45) is 6.17. The van der Waals surface area contributed by atoms with Crippen LogP contribution in [0.3, 0.4) is 0 Å². The lowest BCUT2D eigenvalue weighted by Gasteiger charge is -2.24. The number of hydrogen-bond donors (Lipinski definition) is 1. The second-order valence-electron chi connectivity index (χ2n) is 5.12. The maximum Gasteiger partial charge on any atom is 0.137 e. The van der Waals surface area contributed by atoms with E-state index < -0.39 is 6.10 Å². The van der Waals surface area contributed by atoms with Gasteiger partial charge in [-0.3, -0.25) is 4.98 Å². The van der Waals surface area contributed by atoms with Crippen LogP contribution in [0.15, 0.2) is 55.4 Å². The van der Waals surface area contributed by atoms with Crippen LogP contribution in [0, 0.1) is 0 Å². The molecule has 2 aromatic heterocycles. The van der Waals surface area contributed by atoms with Gasteiger partial charge < -0.3 is 5.11 Å². The van der Waals surface area contributed by atoms with E-state index in [0.717, 1.165) is 5.56 Å². The molecule has 23 heavy (non-hydrogen) atoms. The predicted molar refractivity (Wildman–Crippen MR) is 88.4 cm³/mol. The van der Waals surface area contributed by atoms with E-state index in [0.29, 0.717) is 22.0 Å². The lowest BCUT2D eigenvalue weighted by molar-refractivity contribution is 0.106. The maximum absolute atomic E-state index is 10.8. The van der Waals surface area contributed by atoms with Crippen LogP contribution in [0.2, 0.25) is 10.0 Å². The van der Waals surface area contributed by atoms with E-state index in [4.69, 9.17) is 23.2 Å². The van der Waals surface area contributed by atoms with Gasteiger partial charge in [0.15, 0.2) is 0 Å². The number of pyridine rings is 1. The van der Waals surface area contributed by atoms with E-state index in [1.165, 1.54) is 6.33 Å². The van der Waals surface area contributed by atoms with Gasteiger partial charge in [0.1, 0.15) is 18.8 Å². The molecule has 1 N–H and O–H groups in total. The van der Waals surface area contributed by atoms with Gasteiger partial charge in [0.2, 0.25) is 0 Å². The Bertz CT molecular complexity index is 765. The van der Waals surface area contributed by atoms with Gasteiger partial charge in [-0.2, -0.15) is 5.10 Å². The van der Waals surface area contributed by atoms with Crippen molar-refractivity contribution >= 4 is 23.2 Å². The maximum atomic E-state index is 10.8. The minimum atomic E-state index is -0.860. The average molecular weight is 349 g/mol. The fraction of sp³-hybridized carbons (Fsp3) is 0.188. The minimum Gasteiger partial charge on any atom is -0.386 e. The molecule has 0 amide bonds. The first kappa shape index (κ1) is 15.9. The lowest BCUT2D eigenvalue weighted by Crippen LogP contribution is -2.21. The molecule has 0 saturated carbocycles. The first-order valence-corrected chi connectivity index (χ1v) is 7.77. The molecule has 0 spiro atoms. The molecule has 5 nitrogen and oxygen atoms in total. The Morgan fingerprint density at radius 2 is 2.04 bits per heavy atom. The van der Waals surface area contributed by atoms with E-state index in [9.17, 15) is 5.11 Å². The number of aliphatic hydroxyl groups excluding tert-OH is 1. The summed E-state index contributed by atoms with van der Waals surface area (Å²) in [5.41, 5.74) is 1.58. The highest BCUT2D eigenvalue weighted by Crippen LogP contribution is 2.34. The van der Waals surface area contributed by atoms with Crippen molar-refractivity contribution in [1.82, 2.24) is 19.7 Å². The third kappa shape index (κ3) is 3.69. The van der Waals surface area contributed by atoms with Crippen molar-refractivity contribution in [2.45, 2.75) is 18.6 Å². The van der Waals surface area contributed by atoms with E-state index in [-0.39, 0.29) is 6.04 Å². The zero-order chi connectivity index (χ0) is 16.2. The predicted octanol–water partition coefficient (Wildman–Crippen LogP) is 3.50. The molecule has 0 aliphatic heterocycles. The highest BCUT2D eigenvalue weighted by molar-refractivity contribution is 6.35. The molecule has 7 heteroatoms. The lowest BCUT2D eigenvalue weighted by atomic mass is 9.97. The Morgan fingerprint density at radius 3 is 2.70 bits per heavy atom. The molecule has 0 saturated heterocycles. The molecule has 0 unspecified atom stereocenters. The minimum absolute atomic E-state index is 0.361. The molecule has 0 radical (unpaired) electrons. The van der Waals surface area contributed by atoms with Crippen molar-refractivity contribution in [3.63, 3.8) is 0 Å². The van der Waals surface area contributed by atoms with Crippen molar-refractivity contribution in [2.75, 3.05) is 0 Å². The summed E-state index contributed by atoms with van der Waals surface area (Å²) >= 11 is 12.2. The molecule has 2 atom stereocenters. The number of aliphatic hydroxyl groups is 1. The van der Waals surface area contributed by atoms with Gasteiger partial charge in [-0.05, 0) is 30.2 Å². The van der Waals surface area contributed by atoms with E-state index in [1.54, 1.807) is 41.6 Å². The van der Waals surface area contributed by atoms with Gasteiger partial charge >= 0.3 is 0 Å².